The van der Waals surface area contributed by atoms with Crippen molar-refractivity contribution >= 4 is 39.8 Å². The van der Waals surface area contributed by atoms with Crippen molar-refractivity contribution in [3.63, 3.8) is 0 Å². The van der Waals surface area contributed by atoms with E-state index in [2.05, 4.69) is 16.6 Å². The molecule has 1 aromatic rings. The van der Waals surface area contributed by atoms with E-state index in [9.17, 15) is 24.9 Å². The second-order valence-electron chi connectivity index (χ2n) is 7.79. The molecule has 0 atom stereocenters. The highest BCUT2D eigenvalue weighted by atomic mass is 32.1. The largest absolute Gasteiger partial charge is 0.462 e. The Bertz CT molecular complexity index is 1100. The van der Waals surface area contributed by atoms with Crippen molar-refractivity contribution in [1.29, 1.82) is 10.5 Å². The third kappa shape index (κ3) is 5.21. The number of carbonyl (C=O) groups is 3. The van der Waals surface area contributed by atoms with Gasteiger partial charge in [0.1, 0.15) is 22.7 Å². The molecule has 0 amide bonds. The van der Waals surface area contributed by atoms with Gasteiger partial charge >= 0.3 is 11.9 Å². The van der Waals surface area contributed by atoms with Crippen molar-refractivity contribution in [2.45, 2.75) is 47.5 Å². The zero-order chi connectivity index (χ0) is 24.1. The molecule has 1 aromatic heterocycles. The van der Waals surface area contributed by atoms with Gasteiger partial charge < -0.3 is 9.47 Å². The third-order valence-electron chi connectivity index (χ3n) is 4.73. The van der Waals surface area contributed by atoms with E-state index in [1.165, 1.54) is 6.92 Å². The van der Waals surface area contributed by atoms with Crippen molar-refractivity contribution in [2.24, 2.45) is 10.5 Å². The Morgan fingerprint density at radius 1 is 1.16 bits per heavy atom. The summed E-state index contributed by atoms with van der Waals surface area (Å²) in [4.78, 5) is 37.6. The van der Waals surface area contributed by atoms with Crippen LogP contribution in [0.25, 0.3) is 0 Å². The Balaban J connectivity index is 2.54. The SMILES string of the molecule is CCOC(=O)/C(C#N)=C(C)\C(=N/Nc1sc2c(c1C#N)CC(C)(C)CC2=O)C(=O)OCC. The summed E-state index contributed by atoms with van der Waals surface area (Å²) < 4.78 is 9.88. The second-order valence-corrected chi connectivity index (χ2v) is 8.81. The van der Waals surface area contributed by atoms with Crippen LogP contribution in [-0.4, -0.2) is 36.6 Å². The summed E-state index contributed by atoms with van der Waals surface area (Å²) in [5.74, 6) is -1.79. The number of ether oxygens (including phenoxy) is 2. The highest BCUT2D eigenvalue weighted by Gasteiger charge is 2.35. The lowest BCUT2D eigenvalue weighted by Crippen LogP contribution is -2.26. The van der Waals surface area contributed by atoms with Crippen LogP contribution in [0.2, 0.25) is 0 Å². The number of Topliss-reactive ketones (excluding diaryl/α,β-unsaturated/α-hetero) is 1. The minimum Gasteiger partial charge on any atom is -0.462 e. The molecule has 0 fully saturated rings. The number of hydrogen-bond donors (Lipinski definition) is 1. The molecule has 9 nitrogen and oxygen atoms in total. The number of nitriles is 2. The van der Waals surface area contributed by atoms with Crippen LogP contribution in [0.5, 0.6) is 0 Å². The first-order valence-electron chi connectivity index (χ1n) is 9.98. The minimum atomic E-state index is -0.887. The molecule has 2 rings (SSSR count). The first kappa shape index (κ1) is 24.8. The topological polar surface area (TPSA) is 142 Å². The van der Waals surface area contributed by atoms with Gasteiger partial charge in [-0.05, 0) is 38.2 Å². The number of carbonyl (C=O) groups excluding carboxylic acids is 3. The number of esters is 2. The van der Waals surface area contributed by atoms with Crippen LogP contribution in [-0.2, 0) is 25.5 Å². The maximum absolute atomic E-state index is 12.6. The molecule has 1 aliphatic rings. The quantitative estimate of drug-likeness (QED) is 0.216. The van der Waals surface area contributed by atoms with E-state index in [4.69, 9.17) is 9.47 Å². The third-order valence-corrected chi connectivity index (χ3v) is 5.90. The molecular formula is C22H24N4O5S. The maximum atomic E-state index is 12.6. The number of rotatable bonds is 7. The fraction of sp³-hybridized carbons (Fsp3) is 0.455. The van der Waals surface area contributed by atoms with Gasteiger partial charge in [-0.25, -0.2) is 9.59 Å². The summed E-state index contributed by atoms with van der Waals surface area (Å²) in [6, 6.07) is 3.84. The molecule has 0 aromatic carbocycles. The number of thiophene rings is 1. The number of nitrogens with zero attached hydrogens (tertiary/aromatic N) is 3. The summed E-state index contributed by atoms with van der Waals surface area (Å²) in [7, 11) is 0. The zero-order valence-electron chi connectivity index (χ0n) is 18.6. The summed E-state index contributed by atoms with van der Waals surface area (Å²) in [5.41, 5.74) is 2.62. The standard InChI is InChI=1S/C22H24N4O5S/c1-6-30-20(28)14(10-23)12(3)17(21(29)31-7-2)25-26-19-15(11-24)13-8-22(4,5)9-16(27)18(13)32-19/h26H,6-9H2,1-5H3/b14-12-,25-17+. The Morgan fingerprint density at radius 2 is 1.78 bits per heavy atom. The van der Waals surface area contributed by atoms with Crippen LogP contribution in [0, 0.1) is 28.1 Å². The molecule has 10 heteroatoms. The van der Waals surface area contributed by atoms with Crippen LogP contribution < -0.4 is 5.43 Å². The maximum Gasteiger partial charge on any atom is 0.359 e. The zero-order valence-corrected chi connectivity index (χ0v) is 19.4. The Hall–Kier alpha value is -3.50. The Labute approximate surface area is 190 Å². The molecule has 0 spiro atoms. The number of ketones is 1. The van der Waals surface area contributed by atoms with Gasteiger partial charge in [0.25, 0.3) is 0 Å². The molecule has 32 heavy (non-hydrogen) atoms. The number of anilines is 1. The van der Waals surface area contributed by atoms with Crippen LogP contribution in [0.1, 0.15) is 61.8 Å². The fourth-order valence-corrected chi connectivity index (χ4v) is 4.35. The van der Waals surface area contributed by atoms with E-state index in [0.717, 1.165) is 11.3 Å². The predicted molar refractivity (Wildman–Crippen MR) is 118 cm³/mol. The van der Waals surface area contributed by atoms with E-state index >= 15 is 0 Å². The lowest BCUT2D eigenvalue weighted by Gasteiger charge is -2.28. The van der Waals surface area contributed by atoms with Crippen molar-refractivity contribution in [2.75, 3.05) is 18.6 Å². The van der Waals surface area contributed by atoms with Gasteiger partial charge in [0.2, 0.25) is 0 Å². The molecule has 0 unspecified atom stereocenters. The molecular weight excluding hydrogens is 432 g/mol. The molecule has 0 aliphatic heterocycles. The molecule has 0 saturated carbocycles. The van der Waals surface area contributed by atoms with Crippen LogP contribution in [0.3, 0.4) is 0 Å². The van der Waals surface area contributed by atoms with Crippen LogP contribution in [0.15, 0.2) is 16.2 Å². The number of fused-ring (bicyclic) bond motifs is 1. The minimum absolute atomic E-state index is 0.0334. The predicted octanol–water partition coefficient (Wildman–Crippen LogP) is 3.51. The van der Waals surface area contributed by atoms with E-state index in [-0.39, 0.29) is 46.8 Å². The van der Waals surface area contributed by atoms with Gasteiger partial charge in [-0.15, -0.1) is 11.3 Å². The van der Waals surface area contributed by atoms with E-state index in [1.54, 1.807) is 19.9 Å². The molecule has 1 N–H and O–H groups in total. The van der Waals surface area contributed by atoms with Gasteiger partial charge in [0.05, 0.1) is 23.7 Å². The number of nitrogens with one attached hydrogen (secondary N) is 1. The average Bonchev–Trinajstić information content (AvgIpc) is 3.05. The van der Waals surface area contributed by atoms with E-state index < -0.39 is 11.9 Å². The lowest BCUT2D eigenvalue weighted by molar-refractivity contribution is -0.138. The number of hydrogen-bond acceptors (Lipinski definition) is 10. The van der Waals surface area contributed by atoms with Crippen molar-refractivity contribution < 1.29 is 23.9 Å². The molecule has 1 heterocycles. The highest BCUT2D eigenvalue weighted by Crippen LogP contribution is 2.43. The molecule has 0 saturated heterocycles. The first-order valence-corrected chi connectivity index (χ1v) is 10.8. The molecule has 168 valence electrons. The van der Waals surface area contributed by atoms with Crippen molar-refractivity contribution in [3.8, 4) is 12.1 Å². The van der Waals surface area contributed by atoms with Gasteiger partial charge in [0.15, 0.2) is 11.5 Å². The molecule has 0 radical (unpaired) electrons. The summed E-state index contributed by atoms with van der Waals surface area (Å²) in [6.07, 6.45) is 0.930. The molecule has 1 aliphatic carbocycles. The summed E-state index contributed by atoms with van der Waals surface area (Å²) >= 11 is 1.09. The van der Waals surface area contributed by atoms with E-state index in [0.29, 0.717) is 28.3 Å². The lowest BCUT2D eigenvalue weighted by atomic mass is 9.75. The monoisotopic (exact) mass is 456 g/mol. The van der Waals surface area contributed by atoms with Crippen molar-refractivity contribution in [3.05, 3.63) is 27.2 Å². The average molecular weight is 457 g/mol. The van der Waals surface area contributed by atoms with Gasteiger partial charge in [-0.1, -0.05) is 13.8 Å². The fourth-order valence-electron chi connectivity index (χ4n) is 3.31. The molecule has 0 bridgehead atoms. The van der Waals surface area contributed by atoms with Crippen LogP contribution >= 0.6 is 11.3 Å². The van der Waals surface area contributed by atoms with Crippen molar-refractivity contribution in [1.82, 2.24) is 0 Å². The van der Waals surface area contributed by atoms with E-state index in [1.807, 2.05) is 13.8 Å². The van der Waals surface area contributed by atoms with Gasteiger partial charge in [-0.3, -0.25) is 10.2 Å². The number of hydrazone groups is 1. The highest BCUT2D eigenvalue weighted by molar-refractivity contribution is 7.18. The summed E-state index contributed by atoms with van der Waals surface area (Å²) in [6.45, 7) is 8.60. The van der Waals surface area contributed by atoms with Crippen LogP contribution in [0.4, 0.5) is 5.00 Å². The Kier molecular flexibility index (Phi) is 7.90. The second kappa shape index (κ2) is 10.2. The smallest absolute Gasteiger partial charge is 0.359 e. The summed E-state index contributed by atoms with van der Waals surface area (Å²) in [5, 5.41) is 23.5. The van der Waals surface area contributed by atoms with Gasteiger partial charge in [0, 0.05) is 12.0 Å². The Morgan fingerprint density at radius 3 is 2.34 bits per heavy atom. The normalized spacial score (nSPS) is 15.6. The first-order chi connectivity index (χ1) is 15.1. The van der Waals surface area contributed by atoms with Gasteiger partial charge in [-0.2, -0.15) is 15.6 Å².